The van der Waals surface area contributed by atoms with Crippen LogP contribution < -0.4 is 4.90 Å². The van der Waals surface area contributed by atoms with Crippen LogP contribution in [0.5, 0.6) is 0 Å². The smallest absolute Gasteiger partial charge is 0.0540 e. The molecule has 0 saturated carbocycles. The van der Waals surface area contributed by atoms with Gasteiger partial charge in [0.05, 0.1) is 5.69 Å². The van der Waals surface area contributed by atoms with Crippen LogP contribution in [-0.2, 0) is 0 Å². The van der Waals surface area contributed by atoms with Crippen molar-refractivity contribution in [2.24, 2.45) is 0 Å². The van der Waals surface area contributed by atoms with E-state index in [9.17, 15) is 0 Å². The van der Waals surface area contributed by atoms with Gasteiger partial charge in [0.15, 0.2) is 0 Å². The monoisotopic (exact) mass is 549 g/mol. The van der Waals surface area contributed by atoms with Gasteiger partial charge in [0.25, 0.3) is 0 Å². The van der Waals surface area contributed by atoms with Crippen molar-refractivity contribution in [1.29, 1.82) is 0 Å². The molecule has 6 aromatic carbocycles. The minimum Gasteiger partial charge on any atom is -0.310 e. The fourth-order valence-electron chi connectivity index (χ4n) is 5.53. The molecule has 0 amide bonds. The summed E-state index contributed by atoms with van der Waals surface area (Å²) in [5.74, 6) is 0. The van der Waals surface area contributed by atoms with Crippen LogP contribution in [0.25, 0.3) is 33.5 Å². The van der Waals surface area contributed by atoms with Crippen LogP contribution >= 0.6 is 15.9 Å². The average molecular weight is 550 g/mol. The van der Waals surface area contributed by atoms with Crippen LogP contribution in [0, 0.1) is 0 Å². The first-order chi connectivity index (χ1) is 18.8. The van der Waals surface area contributed by atoms with Crippen molar-refractivity contribution in [3.05, 3.63) is 161 Å². The quantitative estimate of drug-likeness (QED) is 0.211. The molecule has 0 aromatic heterocycles. The van der Waals surface area contributed by atoms with Gasteiger partial charge in [0.1, 0.15) is 0 Å². The predicted molar refractivity (Wildman–Crippen MR) is 165 cm³/mol. The average Bonchev–Trinajstić information content (AvgIpc) is 3.26. The van der Waals surface area contributed by atoms with Crippen LogP contribution in [0.2, 0.25) is 0 Å². The lowest BCUT2D eigenvalue weighted by Gasteiger charge is -2.27. The molecule has 0 spiro atoms. The molecule has 0 atom stereocenters. The van der Waals surface area contributed by atoms with E-state index in [1.165, 1.54) is 49.9 Å². The Hall–Kier alpha value is -4.40. The molecule has 1 aliphatic rings. The fourth-order valence-corrected chi connectivity index (χ4v) is 5.89. The van der Waals surface area contributed by atoms with Crippen molar-refractivity contribution in [2.75, 3.05) is 4.90 Å². The van der Waals surface area contributed by atoms with E-state index >= 15 is 0 Å². The van der Waals surface area contributed by atoms with Gasteiger partial charge < -0.3 is 4.90 Å². The first kappa shape index (κ1) is 22.8. The largest absolute Gasteiger partial charge is 0.310 e. The standard InChI is InChI=1S/C36H24BrN/c37-27-18-20-31-32-21-19-29(24-35(32)33(34(31)23-27)22-25-10-3-1-4-11-25)38(28-14-5-2-6-15-28)36-17-9-13-26-12-7-8-16-30(26)36/h1-24H/b33-22+. The Bertz CT molecular complexity index is 1810. The second kappa shape index (κ2) is 9.48. The van der Waals surface area contributed by atoms with Gasteiger partial charge >= 0.3 is 0 Å². The summed E-state index contributed by atoms with van der Waals surface area (Å²) in [6.45, 7) is 0. The van der Waals surface area contributed by atoms with E-state index in [1.807, 2.05) is 0 Å². The highest BCUT2D eigenvalue weighted by molar-refractivity contribution is 9.10. The molecule has 2 heteroatoms. The predicted octanol–water partition coefficient (Wildman–Crippen LogP) is 10.6. The maximum Gasteiger partial charge on any atom is 0.0540 e. The second-order valence-corrected chi connectivity index (χ2v) is 10.5. The lowest BCUT2D eigenvalue weighted by Crippen LogP contribution is -2.10. The normalized spacial score (nSPS) is 12.9. The summed E-state index contributed by atoms with van der Waals surface area (Å²) in [5.41, 5.74) is 10.9. The molecular weight excluding hydrogens is 526 g/mol. The zero-order valence-corrected chi connectivity index (χ0v) is 22.3. The minimum absolute atomic E-state index is 1.09. The number of hydrogen-bond acceptors (Lipinski definition) is 1. The third kappa shape index (κ3) is 3.95. The SMILES string of the molecule is Brc1ccc2c(c1)/C(=C\c1ccccc1)c1cc(N(c3ccccc3)c3cccc4ccccc34)ccc1-2. The van der Waals surface area contributed by atoms with E-state index < -0.39 is 0 Å². The molecule has 0 bridgehead atoms. The van der Waals surface area contributed by atoms with Crippen molar-refractivity contribution < 1.29 is 0 Å². The third-order valence-electron chi connectivity index (χ3n) is 7.25. The van der Waals surface area contributed by atoms with E-state index in [4.69, 9.17) is 0 Å². The fraction of sp³-hybridized carbons (Fsp3) is 0. The summed E-state index contributed by atoms with van der Waals surface area (Å²) in [6, 6.07) is 49.9. The number of hydrogen-bond donors (Lipinski definition) is 0. The molecule has 38 heavy (non-hydrogen) atoms. The molecule has 7 rings (SSSR count). The molecule has 6 aromatic rings. The Morgan fingerprint density at radius 1 is 0.500 bits per heavy atom. The van der Waals surface area contributed by atoms with Gasteiger partial charge in [0.2, 0.25) is 0 Å². The molecule has 180 valence electrons. The molecule has 0 saturated heterocycles. The highest BCUT2D eigenvalue weighted by Crippen LogP contribution is 2.49. The Kier molecular flexibility index (Phi) is 5.68. The van der Waals surface area contributed by atoms with Gasteiger partial charge in [-0.2, -0.15) is 0 Å². The van der Waals surface area contributed by atoms with Gasteiger partial charge in [-0.1, -0.05) is 113 Å². The van der Waals surface area contributed by atoms with Gasteiger partial charge in [-0.3, -0.25) is 0 Å². The van der Waals surface area contributed by atoms with Crippen LogP contribution in [0.4, 0.5) is 17.1 Å². The number of rotatable bonds is 4. The Balaban J connectivity index is 1.47. The van der Waals surface area contributed by atoms with Crippen LogP contribution in [0.15, 0.2) is 144 Å². The highest BCUT2D eigenvalue weighted by Gasteiger charge is 2.26. The zero-order chi connectivity index (χ0) is 25.5. The maximum absolute atomic E-state index is 3.71. The number of benzene rings is 6. The lowest BCUT2D eigenvalue weighted by molar-refractivity contribution is 1.30. The topological polar surface area (TPSA) is 3.24 Å². The first-order valence-electron chi connectivity index (χ1n) is 12.8. The van der Waals surface area contributed by atoms with Gasteiger partial charge in [-0.05, 0) is 87.3 Å². The maximum atomic E-state index is 3.71. The van der Waals surface area contributed by atoms with E-state index in [2.05, 4.69) is 166 Å². The molecule has 0 fully saturated rings. The number of fused-ring (bicyclic) bond motifs is 4. The van der Waals surface area contributed by atoms with Crippen molar-refractivity contribution in [1.82, 2.24) is 0 Å². The van der Waals surface area contributed by atoms with Gasteiger partial charge in [0, 0.05) is 21.2 Å². The summed E-state index contributed by atoms with van der Waals surface area (Å²) >= 11 is 3.71. The number of nitrogens with zero attached hydrogens (tertiary/aromatic N) is 1. The van der Waals surface area contributed by atoms with Crippen molar-refractivity contribution in [3.8, 4) is 11.1 Å². The molecule has 0 radical (unpaired) electrons. The number of para-hydroxylation sites is 1. The van der Waals surface area contributed by atoms with Gasteiger partial charge in [-0.25, -0.2) is 0 Å². The second-order valence-electron chi connectivity index (χ2n) is 9.56. The summed E-state index contributed by atoms with van der Waals surface area (Å²) in [7, 11) is 0. The molecule has 0 aliphatic heterocycles. The van der Waals surface area contributed by atoms with E-state index in [0.717, 1.165) is 15.8 Å². The molecular formula is C36H24BrN. The van der Waals surface area contributed by atoms with Gasteiger partial charge in [-0.15, -0.1) is 0 Å². The number of halogens is 1. The third-order valence-corrected chi connectivity index (χ3v) is 7.74. The Morgan fingerprint density at radius 2 is 1.16 bits per heavy atom. The van der Waals surface area contributed by atoms with E-state index in [-0.39, 0.29) is 0 Å². The van der Waals surface area contributed by atoms with E-state index in [0.29, 0.717) is 0 Å². The summed E-state index contributed by atoms with van der Waals surface area (Å²) in [4.78, 5) is 2.38. The van der Waals surface area contributed by atoms with E-state index in [1.54, 1.807) is 0 Å². The van der Waals surface area contributed by atoms with Crippen LogP contribution in [-0.4, -0.2) is 0 Å². The Labute approximate surface area is 231 Å². The van der Waals surface area contributed by atoms with Crippen LogP contribution in [0.1, 0.15) is 16.7 Å². The first-order valence-corrected chi connectivity index (χ1v) is 13.6. The number of anilines is 3. The Morgan fingerprint density at radius 3 is 1.97 bits per heavy atom. The summed E-state index contributed by atoms with van der Waals surface area (Å²) in [6.07, 6.45) is 2.31. The summed E-state index contributed by atoms with van der Waals surface area (Å²) < 4.78 is 1.09. The zero-order valence-electron chi connectivity index (χ0n) is 20.7. The van der Waals surface area contributed by atoms with Crippen molar-refractivity contribution in [3.63, 3.8) is 0 Å². The highest BCUT2D eigenvalue weighted by atomic mass is 79.9. The molecule has 1 aliphatic carbocycles. The molecule has 0 heterocycles. The minimum atomic E-state index is 1.09. The molecule has 1 nitrogen and oxygen atoms in total. The lowest BCUT2D eigenvalue weighted by atomic mass is 10.00. The summed E-state index contributed by atoms with van der Waals surface area (Å²) in [5, 5.41) is 2.46. The molecule has 0 unspecified atom stereocenters. The molecule has 0 N–H and O–H groups in total. The van der Waals surface area contributed by atoms with Crippen molar-refractivity contribution >= 4 is 55.4 Å². The van der Waals surface area contributed by atoms with Crippen molar-refractivity contribution in [2.45, 2.75) is 0 Å². The van der Waals surface area contributed by atoms with Crippen LogP contribution in [0.3, 0.4) is 0 Å².